The smallest absolute Gasteiger partial charge is 0.257 e. The van der Waals surface area contributed by atoms with Gasteiger partial charge >= 0.3 is 0 Å². The van der Waals surface area contributed by atoms with Gasteiger partial charge in [0.25, 0.3) is 5.91 Å². The number of hydrogen-bond donors (Lipinski definition) is 2. The standard InChI is InChI=1S/C13H8BrCl2NO2/c14-7-1-3-10(15)9(5-7)13(19)17-8-2-4-11(16)12(18)6-8/h1-6,18H,(H,17,19). The van der Waals surface area contributed by atoms with Gasteiger partial charge in [0, 0.05) is 16.2 Å². The van der Waals surface area contributed by atoms with Gasteiger partial charge in [-0.2, -0.15) is 0 Å². The van der Waals surface area contributed by atoms with E-state index in [9.17, 15) is 9.90 Å². The fraction of sp³-hybridized carbons (Fsp3) is 0. The summed E-state index contributed by atoms with van der Waals surface area (Å²) in [5.74, 6) is -0.465. The third kappa shape index (κ3) is 3.41. The van der Waals surface area contributed by atoms with Gasteiger partial charge in [-0.05, 0) is 30.3 Å². The highest BCUT2D eigenvalue weighted by molar-refractivity contribution is 9.10. The Bertz CT molecular complexity index is 647. The number of carbonyl (C=O) groups excluding carboxylic acids is 1. The molecule has 0 aromatic heterocycles. The van der Waals surface area contributed by atoms with E-state index in [1.807, 2.05) is 0 Å². The third-order valence-electron chi connectivity index (χ3n) is 2.38. The van der Waals surface area contributed by atoms with Crippen LogP contribution in [0.2, 0.25) is 10.0 Å². The summed E-state index contributed by atoms with van der Waals surface area (Å²) < 4.78 is 0.751. The molecular formula is C13H8BrCl2NO2. The molecular weight excluding hydrogens is 353 g/mol. The van der Waals surface area contributed by atoms with Crippen LogP contribution in [0.4, 0.5) is 5.69 Å². The number of phenolic OH excluding ortho intramolecular Hbond substituents is 1. The average molecular weight is 361 g/mol. The Balaban J connectivity index is 2.25. The number of anilines is 1. The first kappa shape index (κ1) is 14.2. The van der Waals surface area contributed by atoms with Crippen LogP contribution in [-0.4, -0.2) is 11.0 Å². The maximum absolute atomic E-state index is 12.1. The van der Waals surface area contributed by atoms with Crippen molar-refractivity contribution < 1.29 is 9.90 Å². The van der Waals surface area contributed by atoms with Crippen LogP contribution in [0.5, 0.6) is 5.75 Å². The number of phenols is 1. The molecule has 2 N–H and O–H groups in total. The quantitative estimate of drug-likeness (QED) is 0.814. The summed E-state index contributed by atoms with van der Waals surface area (Å²) >= 11 is 14.9. The van der Waals surface area contributed by atoms with Gasteiger partial charge < -0.3 is 10.4 Å². The second-order valence-corrected chi connectivity index (χ2v) is 5.47. The fourth-order valence-electron chi connectivity index (χ4n) is 1.46. The molecule has 1 amide bonds. The molecule has 0 aliphatic heterocycles. The summed E-state index contributed by atoms with van der Waals surface area (Å²) in [7, 11) is 0. The maximum atomic E-state index is 12.1. The van der Waals surface area contributed by atoms with Crippen molar-refractivity contribution in [1.82, 2.24) is 0 Å². The van der Waals surface area contributed by atoms with Crippen LogP contribution in [0.15, 0.2) is 40.9 Å². The molecule has 0 spiro atoms. The van der Waals surface area contributed by atoms with Crippen LogP contribution >= 0.6 is 39.1 Å². The summed E-state index contributed by atoms with van der Waals surface area (Å²) in [4.78, 5) is 12.1. The molecule has 0 saturated carbocycles. The molecule has 0 aliphatic carbocycles. The number of nitrogens with one attached hydrogen (secondary N) is 1. The predicted molar refractivity (Wildman–Crippen MR) is 80.2 cm³/mol. The lowest BCUT2D eigenvalue weighted by atomic mass is 10.2. The molecule has 0 atom stereocenters. The minimum atomic E-state index is -0.368. The molecule has 0 fully saturated rings. The zero-order valence-corrected chi connectivity index (χ0v) is 12.6. The average Bonchev–Trinajstić information content (AvgIpc) is 2.36. The first-order valence-corrected chi connectivity index (χ1v) is 6.77. The third-order valence-corrected chi connectivity index (χ3v) is 3.52. The lowest BCUT2D eigenvalue weighted by Crippen LogP contribution is -2.12. The zero-order valence-electron chi connectivity index (χ0n) is 9.45. The van der Waals surface area contributed by atoms with E-state index >= 15 is 0 Å². The minimum absolute atomic E-state index is 0.0974. The zero-order chi connectivity index (χ0) is 14.0. The van der Waals surface area contributed by atoms with E-state index in [2.05, 4.69) is 21.2 Å². The number of aromatic hydroxyl groups is 1. The molecule has 0 radical (unpaired) electrons. The van der Waals surface area contributed by atoms with Gasteiger partial charge in [-0.15, -0.1) is 0 Å². The summed E-state index contributed by atoms with van der Waals surface area (Å²) in [6.07, 6.45) is 0. The van der Waals surface area contributed by atoms with Crippen LogP contribution in [-0.2, 0) is 0 Å². The van der Waals surface area contributed by atoms with Gasteiger partial charge in [0.05, 0.1) is 15.6 Å². The molecule has 2 aromatic rings. The Kier molecular flexibility index (Phi) is 4.34. The number of carbonyl (C=O) groups is 1. The molecule has 6 heteroatoms. The van der Waals surface area contributed by atoms with Crippen molar-refractivity contribution in [2.45, 2.75) is 0 Å². The number of benzene rings is 2. The SMILES string of the molecule is O=C(Nc1ccc(Cl)c(O)c1)c1cc(Br)ccc1Cl. The molecule has 0 bridgehead atoms. The Morgan fingerprint density at radius 1 is 1.11 bits per heavy atom. The van der Waals surface area contributed by atoms with E-state index in [0.29, 0.717) is 16.3 Å². The van der Waals surface area contributed by atoms with E-state index in [-0.39, 0.29) is 16.7 Å². The molecule has 2 aromatic carbocycles. The number of amides is 1. The van der Waals surface area contributed by atoms with E-state index in [0.717, 1.165) is 4.47 Å². The summed E-state index contributed by atoms with van der Waals surface area (Å²) in [6, 6.07) is 9.44. The highest BCUT2D eigenvalue weighted by Crippen LogP contribution is 2.27. The molecule has 98 valence electrons. The van der Waals surface area contributed by atoms with Crippen molar-refractivity contribution in [1.29, 1.82) is 0 Å². The first-order valence-electron chi connectivity index (χ1n) is 5.22. The maximum Gasteiger partial charge on any atom is 0.257 e. The Morgan fingerprint density at radius 3 is 2.47 bits per heavy atom. The Labute approximate surface area is 128 Å². The molecule has 3 nitrogen and oxygen atoms in total. The van der Waals surface area contributed by atoms with Crippen LogP contribution in [0.3, 0.4) is 0 Å². The minimum Gasteiger partial charge on any atom is -0.506 e. The largest absolute Gasteiger partial charge is 0.506 e. The van der Waals surface area contributed by atoms with Crippen molar-refractivity contribution in [3.05, 3.63) is 56.5 Å². The molecule has 0 saturated heterocycles. The molecule has 2 rings (SSSR count). The van der Waals surface area contributed by atoms with Gasteiger partial charge in [-0.1, -0.05) is 39.1 Å². The normalized spacial score (nSPS) is 10.3. The van der Waals surface area contributed by atoms with Crippen LogP contribution in [0.25, 0.3) is 0 Å². The van der Waals surface area contributed by atoms with Crippen LogP contribution in [0.1, 0.15) is 10.4 Å². The first-order chi connectivity index (χ1) is 8.97. The van der Waals surface area contributed by atoms with Crippen molar-refractivity contribution in [3.8, 4) is 5.75 Å². The molecule has 0 unspecified atom stereocenters. The van der Waals surface area contributed by atoms with Gasteiger partial charge in [0.1, 0.15) is 5.75 Å². The van der Waals surface area contributed by atoms with E-state index in [1.54, 1.807) is 24.3 Å². The molecule has 0 aliphatic rings. The van der Waals surface area contributed by atoms with Crippen molar-refractivity contribution in [3.63, 3.8) is 0 Å². The topological polar surface area (TPSA) is 49.3 Å². The van der Waals surface area contributed by atoms with Gasteiger partial charge in [-0.3, -0.25) is 4.79 Å². The lowest BCUT2D eigenvalue weighted by molar-refractivity contribution is 0.102. The van der Waals surface area contributed by atoms with E-state index < -0.39 is 0 Å². The van der Waals surface area contributed by atoms with Crippen molar-refractivity contribution in [2.24, 2.45) is 0 Å². The van der Waals surface area contributed by atoms with Gasteiger partial charge in [-0.25, -0.2) is 0 Å². The second kappa shape index (κ2) is 5.82. The summed E-state index contributed by atoms with van der Waals surface area (Å²) in [5.41, 5.74) is 0.772. The van der Waals surface area contributed by atoms with Crippen molar-refractivity contribution in [2.75, 3.05) is 5.32 Å². The Morgan fingerprint density at radius 2 is 1.79 bits per heavy atom. The van der Waals surface area contributed by atoms with Crippen molar-refractivity contribution >= 4 is 50.7 Å². The van der Waals surface area contributed by atoms with E-state index in [1.165, 1.54) is 12.1 Å². The number of rotatable bonds is 2. The molecule has 19 heavy (non-hydrogen) atoms. The monoisotopic (exact) mass is 359 g/mol. The lowest BCUT2D eigenvalue weighted by Gasteiger charge is -2.08. The summed E-state index contributed by atoms with van der Waals surface area (Å²) in [5, 5.41) is 12.7. The number of halogens is 3. The van der Waals surface area contributed by atoms with Gasteiger partial charge in [0.15, 0.2) is 0 Å². The Hall–Kier alpha value is -1.23. The van der Waals surface area contributed by atoms with Crippen LogP contribution < -0.4 is 5.32 Å². The fourth-order valence-corrected chi connectivity index (χ4v) is 2.14. The van der Waals surface area contributed by atoms with Crippen LogP contribution in [0, 0.1) is 0 Å². The van der Waals surface area contributed by atoms with E-state index in [4.69, 9.17) is 23.2 Å². The predicted octanol–water partition coefficient (Wildman–Crippen LogP) is 4.71. The number of hydrogen-bond acceptors (Lipinski definition) is 2. The highest BCUT2D eigenvalue weighted by Gasteiger charge is 2.11. The second-order valence-electron chi connectivity index (χ2n) is 3.74. The highest BCUT2D eigenvalue weighted by atomic mass is 79.9. The summed E-state index contributed by atoms with van der Waals surface area (Å²) in [6.45, 7) is 0. The molecule has 0 heterocycles. The van der Waals surface area contributed by atoms with Gasteiger partial charge in [0.2, 0.25) is 0 Å².